The van der Waals surface area contributed by atoms with Crippen molar-refractivity contribution in [1.82, 2.24) is 9.38 Å². The summed E-state index contributed by atoms with van der Waals surface area (Å²) >= 11 is 1.78. The lowest BCUT2D eigenvalue weighted by atomic mass is 9.73. The summed E-state index contributed by atoms with van der Waals surface area (Å²) < 4.78 is 2.13. The first kappa shape index (κ1) is 15.7. The summed E-state index contributed by atoms with van der Waals surface area (Å²) in [7, 11) is 0. The van der Waals surface area contributed by atoms with Gasteiger partial charge in [-0.15, -0.1) is 11.3 Å². The van der Waals surface area contributed by atoms with Crippen molar-refractivity contribution in [3.8, 4) is 0 Å². The number of thiazole rings is 1. The van der Waals surface area contributed by atoms with Crippen LogP contribution in [0.3, 0.4) is 0 Å². The monoisotopic (exact) mass is 318 g/mol. The smallest absolute Gasteiger partial charge is 0.194 e. The Bertz CT molecular complexity index is 725. The van der Waals surface area contributed by atoms with Gasteiger partial charge >= 0.3 is 0 Å². The summed E-state index contributed by atoms with van der Waals surface area (Å²) in [4.78, 5) is 18.9. The molecule has 0 saturated heterocycles. The molecule has 3 rings (SSSR count). The van der Waals surface area contributed by atoms with Crippen LogP contribution in [0.15, 0.2) is 0 Å². The van der Waals surface area contributed by atoms with Crippen LogP contribution in [0.1, 0.15) is 74.7 Å². The van der Waals surface area contributed by atoms with Crippen molar-refractivity contribution < 1.29 is 4.79 Å². The van der Waals surface area contributed by atoms with Crippen molar-refractivity contribution >= 4 is 22.6 Å². The molecule has 120 valence electrons. The summed E-state index contributed by atoms with van der Waals surface area (Å²) in [6.45, 7) is 13.3. The Labute approximate surface area is 136 Å². The molecular formula is C18H26N2OS. The predicted molar refractivity (Wildman–Crippen MR) is 92.1 cm³/mol. The number of hydrogen-bond donors (Lipinski definition) is 0. The highest BCUT2D eigenvalue weighted by Gasteiger charge is 2.33. The predicted octanol–water partition coefficient (Wildman–Crippen LogP) is 4.66. The molecule has 1 atom stereocenters. The van der Waals surface area contributed by atoms with Crippen LogP contribution in [0, 0.1) is 11.3 Å². The van der Waals surface area contributed by atoms with Gasteiger partial charge in [0.05, 0.1) is 5.69 Å². The fraction of sp³-hybridized carbons (Fsp3) is 0.667. The van der Waals surface area contributed by atoms with Crippen LogP contribution in [0.25, 0.3) is 4.96 Å². The van der Waals surface area contributed by atoms with E-state index in [0.29, 0.717) is 11.3 Å². The van der Waals surface area contributed by atoms with Gasteiger partial charge in [0.2, 0.25) is 0 Å². The van der Waals surface area contributed by atoms with E-state index in [2.05, 4.69) is 45.9 Å². The maximum Gasteiger partial charge on any atom is 0.194 e. The molecule has 0 saturated carbocycles. The lowest BCUT2D eigenvalue weighted by molar-refractivity contribution is 0.111. The molecule has 4 heteroatoms. The van der Waals surface area contributed by atoms with Gasteiger partial charge in [0.1, 0.15) is 5.69 Å². The van der Waals surface area contributed by atoms with E-state index in [4.69, 9.17) is 4.98 Å². The van der Waals surface area contributed by atoms with Crippen molar-refractivity contribution in [2.75, 3.05) is 0 Å². The second-order valence-electron chi connectivity index (χ2n) is 8.61. The Balaban J connectivity index is 2.12. The van der Waals surface area contributed by atoms with Gasteiger partial charge in [0, 0.05) is 16.0 Å². The minimum absolute atomic E-state index is 0.0997. The minimum atomic E-state index is -0.0997. The molecule has 2 aromatic rings. The number of carbonyl (C=O) groups is 1. The van der Waals surface area contributed by atoms with Crippen LogP contribution >= 0.6 is 11.3 Å². The third-order valence-electron chi connectivity index (χ3n) is 4.90. The highest BCUT2D eigenvalue weighted by molar-refractivity contribution is 7.17. The molecule has 0 bridgehead atoms. The number of imidazole rings is 1. The average Bonchev–Trinajstić information content (AvgIpc) is 2.91. The van der Waals surface area contributed by atoms with Crippen molar-refractivity contribution in [1.29, 1.82) is 0 Å². The minimum Gasteiger partial charge on any atom is -0.296 e. The van der Waals surface area contributed by atoms with Crippen LogP contribution in [0.2, 0.25) is 0 Å². The number of aryl methyl sites for hydroxylation is 1. The zero-order chi connectivity index (χ0) is 16.3. The fourth-order valence-corrected chi connectivity index (χ4v) is 4.73. The molecule has 1 aliphatic carbocycles. The molecular weight excluding hydrogens is 292 g/mol. The first-order chi connectivity index (χ1) is 10.1. The number of aromatic nitrogens is 2. The third-order valence-corrected chi connectivity index (χ3v) is 6.00. The van der Waals surface area contributed by atoms with Gasteiger partial charge in [-0.25, -0.2) is 4.98 Å². The van der Waals surface area contributed by atoms with Crippen molar-refractivity contribution in [3.63, 3.8) is 0 Å². The first-order valence-electron chi connectivity index (χ1n) is 8.11. The van der Waals surface area contributed by atoms with Crippen LogP contribution in [0.4, 0.5) is 0 Å². The van der Waals surface area contributed by atoms with Gasteiger partial charge in [0.15, 0.2) is 11.2 Å². The van der Waals surface area contributed by atoms with Crippen molar-refractivity contribution in [2.45, 2.75) is 66.2 Å². The zero-order valence-electron chi connectivity index (χ0n) is 14.5. The largest absolute Gasteiger partial charge is 0.296 e. The Morgan fingerprint density at radius 2 is 1.91 bits per heavy atom. The molecule has 1 aliphatic rings. The number of aldehydes is 1. The lowest BCUT2D eigenvalue weighted by Gasteiger charge is -2.33. The van der Waals surface area contributed by atoms with E-state index in [1.54, 1.807) is 11.3 Å². The van der Waals surface area contributed by atoms with Crippen molar-refractivity contribution in [2.24, 2.45) is 11.3 Å². The Morgan fingerprint density at radius 1 is 1.23 bits per heavy atom. The van der Waals surface area contributed by atoms with E-state index < -0.39 is 0 Å². The second kappa shape index (κ2) is 4.92. The molecule has 0 spiro atoms. The molecule has 0 aliphatic heterocycles. The molecule has 2 aromatic heterocycles. The number of hydrogen-bond acceptors (Lipinski definition) is 3. The van der Waals surface area contributed by atoms with E-state index in [1.807, 2.05) is 0 Å². The number of fused-ring (bicyclic) bond motifs is 3. The Kier molecular flexibility index (Phi) is 3.52. The average molecular weight is 318 g/mol. The van der Waals surface area contributed by atoms with Gasteiger partial charge < -0.3 is 0 Å². The number of carbonyl (C=O) groups excluding carboxylic acids is 1. The summed E-state index contributed by atoms with van der Waals surface area (Å²) in [5, 5.41) is 0. The maximum atomic E-state index is 11.7. The summed E-state index contributed by atoms with van der Waals surface area (Å²) in [6, 6.07) is 0. The molecule has 22 heavy (non-hydrogen) atoms. The highest BCUT2D eigenvalue weighted by Crippen LogP contribution is 2.41. The molecule has 3 nitrogen and oxygen atoms in total. The highest BCUT2D eigenvalue weighted by atomic mass is 32.1. The topological polar surface area (TPSA) is 34.4 Å². The number of rotatable bonds is 1. The van der Waals surface area contributed by atoms with Gasteiger partial charge in [0.25, 0.3) is 0 Å². The second-order valence-corrected chi connectivity index (χ2v) is 9.67. The first-order valence-corrected chi connectivity index (χ1v) is 8.93. The third kappa shape index (κ3) is 2.41. The molecule has 2 heterocycles. The summed E-state index contributed by atoms with van der Waals surface area (Å²) in [5.41, 5.74) is 3.25. The fourth-order valence-electron chi connectivity index (χ4n) is 3.48. The molecule has 0 radical (unpaired) electrons. The molecule has 1 unspecified atom stereocenters. The van der Waals surface area contributed by atoms with Gasteiger partial charge in [-0.05, 0) is 30.6 Å². The zero-order valence-corrected chi connectivity index (χ0v) is 15.3. The molecule has 0 N–H and O–H groups in total. The lowest BCUT2D eigenvalue weighted by Crippen LogP contribution is -2.26. The van der Waals surface area contributed by atoms with E-state index in [-0.39, 0.29) is 5.41 Å². The maximum absolute atomic E-state index is 11.7. The van der Waals surface area contributed by atoms with Gasteiger partial charge in [-0.3, -0.25) is 9.20 Å². The summed E-state index contributed by atoms with van der Waals surface area (Å²) in [6.07, 6.45) is 4.36. The standard InChI is InChI=1S/C18H26N2OS/c1-17(2,3)11-7-8-12-14(9-11)22-16-19-15(18(4,5)6)13(10-21)20(12)16/h10-11H,7-9H2,1-6H3. The van der Waals surface area contributed by atoms with E-state index in [1.165, 1.54) is 17.0 Å². The molecule has 0 aromatic carbocycles. The summed E-state index contributed by atoms with van der Waals surface area (Å²) in [5.74, 6) is 0.713. The molecule has 0 amide bonds. The Morgan fingerprint density at radius 3 is 2.45 bits per heavy atom. The van der Waals surface area contributed by atoms with E-state index in [0.717, 1.165) is 35.5 Å². The van der Waals surface area contributed by atoms with E-state index >= 15 is 0 Å². The SMILES string of the molecule is CC(C)(C)c1nc2sc3c(n2c1C=O)CCC(C(C)(C)C)C3. The normalized spacial score (nSPS) is 19.5. The van der Waals surface area contributed by atoms with Gasteiger partial charge in [-0.2, -0.15) is 0 Å². The van der Waals surface area contributed by atoms with Crippen LogP contribution < -0.4 is 0 Å². The van der Waals surface area contributed by atoms with Crippen molar-refractivity contribution in [3.05, 3.63) is 22.0 Å². The quantitative estimate of drug-likeness (QED) is 0.717. The molecule has 0 fully saturated rings. The van der Waals surface area contributed by atoms with Crippen LogP contribution in [-0.4, -0.2) is 15.7 Å². The van der Waals surface area contributed by atoms with Crippen LogP contribution in [-0.2, 0) is 18.3 Å². The van der Waals surface area contributed by atoms with Gasteiger partial charge in [-0.1, -0.05) is 41.5 Å². The number of nitrogens with zero attached hydrogens (tertiary/aromatic N) is 2. The Hall–Kier alpha value is -1.16. The van der Waals surface area contributed by atoms with E-state index in [9.17, 15) is 4.79 Å². The van der Waals surface area contributed by atoms with Crippen LogP contribution in [0.5, 0.6) is 0 Å².